The second-order valence-corrected chi connectivity index (χ2v) is 5.01. The Labute approximate surface area is 124 Å². The molecule has 2 aromatic carbocycles. The maximum atomic E-state index is 5.97. The van der Waals surface area contributed by atoms with Crippen molar-refractivity contribution in [3.05, 3.63) is 66.5 Å². The fourth-order valence-electron chi connectivity index (χ4n) is 2.29. The Morgan fingerprint density at radius 3 is 2.62 bits per heavy atom. The normalized spacial score (nSPS) is 12.3. The number of hydrogen-bond acceptors (Lipinski definition) is 3. The predicted molar refractivity (Wildman–Crippen MR) is 85.5 cm³/mol. The molecule has 0 bridgehead atoms. The Morgan fingerprint density at radius 1 is 1.05 bits per heavy atom. The van der Waals surface area contributed by atoms with Gasteiger partial charge in [-0.2, -0.15) is 0 Å². The largest absolute Gasteiger partial charge is 0.455 e. The van der Waals surface area contributed by atoms with Crippen LogP contribution < -0.4 is 10.5 Å². The Hall–Kier alpha value is -2.39. The smallest absolute Gasteiger partial charge is 0.145 e. The topological polar surface area (TPSA) is 48.1 Å². The molecule has 1 unspecified atom stereocenters. The molecule has 0 fully saturated rings. The fraction of sp³-hybridized carbons (Fsp3) is 0.167. The van der Waals surface area contributed by atoms with Gasteiger partial charge in [0.05, 0.1) is 11.9 Å². The Bertz CT molecular complexity index is 732. The van der Waals surface area contributed by atoms with E-state index < -0.39 is 0 Å². The van der Waals surface area contributed by atoms with Crippen LogP contribution in [0.1, 0.15) is 25.1 Å². The van der Waals surface area contributed by atoms with Crippen molar-refractivity contribution in [1.82, 2.24) is 4.98 Å². The molecule has 0 saturated heterocycles. The van der Waals surface area contributed by atoms with Crippen LogP contribution in [0.4, 0.5) is 0 Å². The van der Waals surface area contributed by atoms with Crippen molar-refractivity contribution in [3.63, 3.8) is 0 Å². The van der Waals surface area contributed by atoms with Crippen molar-refractivity contribution < 1.29 is 4.74 Å². The molecule has 0 radical (unpaired) electrons. The summed E-state index contributed by atoms with van der Waals surface area (Å²) < 4.78 is 5.96. The number of benzene rings is 2. The summed E-state index contributed by atoms with van der Waals surface area (Å²) in [7, 11) is 0. The Morgan fingerprint density at radius 2 is 1.86 bits per heavy atom. The molecule has 0 aliphatic heterocycles. The molecule has 2 N–H and O–H groups in total. The molecule has 3 nitrogen and oxygen atoms in total. The number of ether oxygens (including phenoxy) is 1. The van der Waals surface area contributed by atoms with Gasteiger partial charge in [0.15, 0.2) is 0 Å². The Balaban J connectivity index is 1.88. The van der Waals surface area contributed by atoms with Crippen LogP contribution in [0.25, 0.3) is 10.8 Å². The van der Waals surface area contributed by atoms with Gasteiger partial charge in [0.25, 0.3) is 0 Å². The first-order valence-corrected chi connectivity index (χ1v) is 7.15. The molecule has 0 saturated carbocycles. The standard InChI is InChI=1S/C18H18N2O/c1-2-16(19)17-11-10-14(12-20-17)21-18-9-5-7-13-6-3-4-8-15(13)18/h3-12,16H,2,19H2,1H3. The van der Waals surface area contributed by atoms with Crippen LogP contribution >= 0.6 is 0 Å². The van der Waals surface area contributed by atoms with E-state index in [1.807, 2.05) is 43.3 Å². The van der Waals surface area contributed by atoms with Crippen molar-refractivity contribution in [2.75, 3.05) is 0 Å². The summed E-state index contributed by atoms with van der Waals surface area (Å²) in [6.45, 7) is 2.05. The van der Waals surface area contributed by atoms with Crippen molar-refractivity contribution in [3.8, 4) is 11.5 Å². The molecule has 0 amide bonds. The minimum atomic E-state index is -0.0170. The highest BCUT2D eigenvalue weighted by Gasteiger charge is 2.06. The van der Waals surface area contributed by atoms with Gasteiger partial charge in [-0.3, -0.25) is 4.98 Å². The van der Waals surface area contributed by atoms with Crippen LogP contribution in [0, 0.1) is 0 Å². The molecule has 3 heteroatoms. The quantitative estimate of drug-likeness (QED) is 0.767. The number of nitrogens with two attached hydrogens (primary N) is 1. The summed E-state index contributed by atoms with van der Waals surface area (Å²) in [5.41, 5.74) is 6.86. The van der Waals surface area contributed by atoms with Gasteiger partial charge >= 0.3 is 0 Å². The van der Waals surface area contributed by atoms with Crippen LogP contribution in [-0.4, -0.2) is 4.98 Å². The zero-order valence-electron chi connectivity index (χ0n) is 12.0. The minimum Gasteiger partial charge on any atom is -0.455 e. The summed E-state index contributed by atoms with van der Waals surface area (Å²) in [6.07, 6.45) is 2.60. The first-order chi connectivity index (χ1) is 10.3. The average Bonchev–Trinajstić information content (AvgIpc) is 2.55. The van der Waals surface area contributed by atoms with E-state index in [1.165, 1.54) is 0 Å². The van der Waals surface area contributed by atoms with Crippen LogP contribution in [0.15, 0.2) is 60.8 Å². The molecule has 3 aromatic rings. The molecule has 0 spiro atoms. The van der Waals surface area contributed by atoms with E-state index in [1.54, 1.807) is 6.20 Å². The molecular formula is C18H18N2O. The first kappa shape index (κ1) is 13.6. The molecule has 1 atom stereocenters. The lowest BCUT2D eigenvalue weighted by atomic mass is 10.1. The number of nitrogens with zero attached hydrogens (tertiary/aromatic N) is 1. The molecule has 3 rings (SSSR count). The minimum absolute atomic E-state index is 0.0170. The third-order valence-electron chi connectivity index (χ3n) is 3.56. The Kier molecular flexibility index (Phi) is 3.84. The maximum absolute atomic E-state index is 5.97. The van der Waals surface area contributed by atoms with Crippen molar-refractivity contribution >= 4 is 10.8 Å². The molecule has 106 valence electrons. The number of rotatable bonds is 4. The fourth-order valence-corrected chi connectivity index (χ4v) is 2.29. The summed E-state index contributed by atoms with van der Waals surface area (Å²) in [5, 5.41) is 2.25. The van der Waals surface area contributed by atoms with Gasteiger partial charge in [-0.25, -0.2) is 0 Å². The number of pyridine rings is 1. The van der Waals surface area contributed by atoms with E-state index in [-0.39, 0.29) is 6.04 Å². The monoisotopic (exact) mass is 278 g/mol. The number of aromatic nitrogens is 1. The first-order valence-electron chi connectivity index (χ1n) is 7.15. The number of fused-ring (bicyclic) bond motifs is 1. The average molecular weight is 278 g/mol. The molecular weight excluding hydrogens is 260 g/mol. The van der Waals surface area contributed by atoms with Gasteiger partial charge in [0.1, 0.15) is 11.5 Å². The lowest BCUT2D eigenvalue weighted by molar-refractivity contribution is 0.484. The molecule has 21 heavy (non-hydrogen) atoms. The maximum Gasteiger partial charge on any atom is 0.145 e. The third kappa shape index (κ3) is 2.88. The summed E-state index contributed by atoms with van der Waals surface area (Å²) in [6, 6.07) is 18.0. The third-order valence-corrected chi connectivity index (χ3v) is 3.56. The zero-order chi connectivity index (χ0) is 14.7. The zero-order valence-corrected chi connectivity index (χ0v) is 12.0. The van der Waals surface area contributed by atoms with Gasteiger partial charge in [-0.05, 0) is 30.0 Å². The highest BCUT2D eigenvalue weighted by atomic mass is 16.5. The van der Waals surface area contributed by atoms with Crippen molar-refractivity contribution in [2.45, 2.75) is 19.4 Å². The highest BCUT2D eigenvalue weighted by molar-refractivity contribution is 5.88. The summed E-state index contributed by atoms with van der Waals surface area (Å²) in [5.74, 6) is 1.56. The van der Waals surface area contributed by atoms with Crippen LogP contribution in [0.2, 0.25) is 0 Å². The van der Waals surface area contributed by atoms with E-state index in [0.29, 0.717) is 0 Å². The SMILES string of the molecule is CCC(N)c1ccc(Oc2cccc3ccccc23)cn1. The van der Waals surface area contributed by atoms with Crippen LogP contribution in [0.5, 0.6) is 11.5 Å². The van der Waals surface area contributed by atoms with Gasteiger partial charge in [-0.15, -0.1) is 0 Å². The lowest BCUT2D eigenvalue weighted by Crippen LogP contribution is -2.10. The van der Waals surface area contributed by atoms with E-state index in [4.69, 9.17) is 10.5 Å². The van der Waals surface area contributed by atoms with Crippen LogP contribution in [-0.2, 0) is 0 Å². The molecule has 0 aliphatic carbocycles. The summed E-state index contributed by atoms with van der Waals surface area (Å²) >= 11 is 0. The second kappa shape index (κ2) is 5.94. The predicted octanol–water partition coefficient (Wildman–Crippen LogP) is 4.44. The van der Waals surface area contributed by atoms with Gasteiger partial charge in [-0.1, -0.05) is 43.3 Å². The van der Waals surface area contributed by atoms with Gasteiger partial charge in [0, 0.05) is 11.4 Å². The van der Waals surface area contributed by atoms with Crippen LogP contribution in [0.3, 0.4) is 0 Å². The van der Waals surface area contributed by atoms with Crippen molar-refractivity contribution in [1.29, 1.82) is 0 Å². The molecule has 0 aliphatic rings. The second-order valence-electron chi connectivity index (χ2n) is 5.01. The highest BCUT2D eigenvalue weighted by Crippen LogP contribution is 2.29. The van der Waals surface area contributed by atoms with E-state index in [9.17, 15) is 0 Å². The summed E-state index contributed by atoms with van der Waals surface area (Å²) in [4.78, 5) is 4.38. The van der Waals surface area contributed by atoms with E-state index in [2.05, 4.69) is 23.2 Å². The van der Waals surface area contributed by atoms with Crippen molar-refractivity contribution in [2.24, 2.45) is 5.73 Å². The number of hydrogen-bond donors (Lipinski definition) is 1. The van der Waals surface area contributed by atoms with Gasteiger partial charge < -0.3 is 10.5 Å². The molecule has 1 aromatic heterocycles. The lowest BCUT2D eigenvalue weighted by Gasteiger charge is -2.11. The van der Waals surface area contributed by atoms with E-state index in [0.717, 1.165) is 34.4 Å². The van der Waals surface area contributed by atoms with Gasteiger partial charge in [0.2, 0.25) is 0 Å². The molecule has 1 heterocycles. The van der Waals surface area contributed by atoms with E-state index >= 15 is 0 Å².